The molecule has 1 heterocycles. The van der Waals surface area contributed by atoms with E-state index in [2.05, 4.69) is 11.2 Å². The van der Waals surface area contributed by atoms with Crippen molar-refractivity contribution in [2.24, 2.45) is 12.8 Å². The highest BCUT2D eigenvalue weighted by molar-refractivity contribution is 5.72. The van der Waals surface area contributed by atoms with Crippen LogP contribution in [0.1, 0.15) is 17.2 Å². The van der Waals surface area contributed by atoms with Gasteiger partial charge in [-0.05, 0) is 41.5 Å². The van der Waals surface area contributed by atoms with Crippen LogP contribution in [0, 0.1) is 17.1 Å². The van der Waals surface area contributed by atoms with Crippen LogP contribution in [0.15, 0.2) is 72.8 Å². The van der Waals surface area contributed by atoms with Gasteiger partial charge in [-0.2, -0.15) is 10.4 Å². The summed E-state index contributed by atoms with van der Waals surface area (Å²) in [6.07, 6.45) is -0.726. The molecule has 0 amide bonds. The van der Waals surface area contributed by atoms with E-state index in [-0.39, 0.29) is 12.4 Å². The first kappa shape index (κ1) is 21.2. The van der Waals surface area contributed by atoms with Gasteiger partial charge in [0, 0.05) is 30.8 Å². The molecule has 1 aromatic heterocycles. The number of hydrogen-bond acceptors (Lipinski definition) is 5. The van der Waals surface area contributed by atoms with Crippen LogP contribution in [0.3, 0.4) is 0 Å². The van der Waals surface area contributed by atoms with Gasteiger partial charge in [-0.3, -0.25) is 0 Å². The highest BCUT2D eigenvalue weighted by Gasteiger charge is 2.15. The molecule has 0 aliphatic carbocycles. The number of nitriles is 1. The molecule has 4 aromatic rings. The van der Waals surface area contributed by atoms with Crippen molar-refractivity contribution in [3.05, 3.63) is 89.7 Å². The number of rotatable bonds is 6. The first-order valence-corrected chi connectivity index (χ1v) is 9.99. The van der Waals surface area contributed by atoms with E-state index in [0.29, 0.717) is 28.5 Å². The third-order valence-corrected chi connectivity index (χ3v) is 5.11. The Balaban J connectivity index is 1.71. The predicted molar refractivity (Wildman–Crippen MR) is 119 cm³/mol. The Morgan fingerprint density at radius 3 is 2.56 bits per heavy atom. The molecule has 3 N–H and O–H groups in total. The first-order chi connectivity index (χ1) is 15.5. The van der Waals surface area contributed by atoms with Crippen LogP contribution in [0.2, 0.25) is 0 Å². The second-order valence-electron chi connectivity index (χ2n) is 7.30. The molecule has 0 saturated heterocycles. The first-order valence-electron chi connectivity index (χ1n) is 9.99. The molecule has 0 spiro atoms. The summed E-state index contributed by atoms with van der Waals surface area (Å²) in [6.45, 7) is 0.138. The minimum absolute atomic E-state index is 0.138. The highest BCUT2D eigenvalue weighted by Crippen LogP contribution is 2.36. The second-order valence-corrected chi connectivity index (χ2v) is 7.30. The van der Waals surface area contributed by atoms with Gasteiger partial charge in [0.25, 0.3) is 0 Å². The molecule has 0 saturated carbocycles. The minimum Gasteiger partial charge on any atom is -0.439 e. The highest BCUT2D eigenvalue weighted by atomic mass is 19.1. The van der Waals surface area contributed by atoms with E-state index >= 15 is 0 Å². The molecule has 32 heavy (non-hydrogen) atoms. The van der Waals surface area contributed by atoms with Crippen LogP contribution in [0.4, 0.5) is 4.39 Å². The number of aliphatic hydroxyl groups excluding tert-OH is 1. The number of aromatic nitrogens is 2. The average Bonchev–Trinajstić information content (AvgIpc) is 3.18. The summed E-state index contributed by atoms with van der Waals surface area (Å²) in [4.78, 5) is 0. The largest absolute Gasteiger partial charge is 0.439 e. The van der Waals surface area contributed by atoms with Crippen LogP contribution in [-0.4, -0.2) is 21.4 Å². The predicted octanol–water partition coefficient (Wildman–Crippen LogP) is 4.55. The number of ether oxygens (including phenoxy) is 1. The summed E-state index contributed by atoms with van der Waals surface area (Å²) < 4.78 is 21.3. The Hall–Kier alpha value is -3.99. The molecule has 0 radical (unpaired) electrons. The number of nitrogens with zero attached hydrogens (tertiary/aromatic N) is 3. The van der Waals surface area contributed by atoms with Crippen molar-refractivity contribution in [3.63, 3.8) is 0 Å². The molecule has 6 nitrogen and oxygen atoms in total. The standard InChI is InChI=1S/C25H21FN4O2/c1-30-25(13-22(29-30)19-3-2-4-20(26)12-19)32-24-11-16(14-27)5-10-21(24)17-6-8-18(9-7-17)23(31)15-28/h2-13,23,31H,15,28H2,1H3. The van der Waals surface area contributed by atoms with Crippen LogP contribution in [-0.2, 0) is 7.05 Å². The maximum Gasteiger partial charge on any atom is 0.218 e. The Morgan fingerprint density at radius 2 is 1.88 bits per heavy atom. The maximum absolute atomic E-state index is 13.6. The smallest absolute Gasteiger partial charge is 0.218 e. The van der Waals surface area contributed by atoms with Crippen molar-refractivity contribution in [2.45, 2.75) is 6.10 Å². The molecular formula is C25H21FN4O2. The number of aryl methyl sites for hydroxylation is 1. The quantitative estimate of drug-likeness (QED) is 0.470. The van der Waals surface area contributed by atoms with Crippen LogP contribution in [0.5, 0.6) is 11.6 Å². The van der Waals surface area contributed by atoms with E-state index in [1.54, 1.807) is 54.2 Å². The molecule has 0 bridgehead atoms. The van der Waals surface area contributed by atoms with Gasteiger partial charge in [0.1, 0.15) is 11.6 Å². The SMILES string of the molecule is Cn1nc(-c2cccc(F)c2)cc1Oc1cc(C#N)ccc1-c1ccc(C(O)CN)cc1. The lowest BCUT2D eigenvalue weighted by Gasteiger charge is -2.13. The molecule has 0 aliphatic heterocycles. The zero-order valence-corrected chi connectivity index (χ0v) is 17.4. The molecule has 1 unspecified atom stereocenters. The van der Waals surface area contributed by atoms with E-state index in [0.717, 1.165) is 16.7 Å². The Kier molecular flexibility index (Phi) is 5.99. The summed E-state index contributed by atoms with van der Waals surface area (Å²) in [5.41, 5.74) is 9.53. The summed E-state index contributed by atoms with van der Waals surface area (Å²) in [5.74, 6) is 0.573. The maximum atomic E-state index is 13.6. The third-order valence-electron chi connectivity index (χ3n) is 5.11. The number of aliphatic hydroxyl groups is 1. The Morgan fingerprint density at radius 1 is 1.09 bits per heavy atom. The van der Waals surface area contributed by atoms with Crippen molar-refractivity contribution in [1.82, 2.24) is 9.78 Å². The summed E-state index contributed by atoms with van der Waals surface area (Å²) in [6, 6.07) is 22.6. The van der Waals surface area contributed by atoms with Gasteiger partial charge in [-0.1, -0.05) is 36.4 Å². The van der Waals surface area contributed by atoms with Crippen molar-refractivity contribution < 1.29 is 14.2 Å². The van der Waals surface area contributed by atoms with Gasteiger partial charge >= 0.3 is 0 Å². The lowest BCUT2D eigenvalue weighted by atomic mass is 10.00. The van der Waals surface area contributed by atoms with Crippen molar-refractivity contribution in [1.29, 1.82) is 5.26 Å². The molecule has 3 aromatic carbocycles. The third kappa shape index (κ3) is 4.37. The van der Waals surface area contributed by atoms with Crippen LogP contribution < -0.4 is 10.5 Å². The van der Waals surface area contributed by atoms with Crippen molar-refractivity contribution in [3.8, 4) is 40.1 Å². The fourth-order valence-corrected chi connectivity index (χ4v) is 3.38. The number of hydrogen-bond donors (Lipinski definition) is 2. The molecule has 0 aliphatic rings. The lowest BCUT2D eigenvalue weighted by Crippen LogP contribution is -2.11. The van der Waals surface area contributed by atoms with E-state index in [9.17, 15) is 14.8 Å². The number of nitrogens with two attached hydrogens (primary N) is 1. The van der Waals surface area contributed by atoms with Gasteiger partial charge in [0.05, 0.1) is 23.4 Å². The fraction of sp³-hybridized carbons (Fsp3) is 0.120. The van der Waals surface area contributed by atoms with Crippen molar-refractivity contribution >= 4 is 0 Å². The molecule has 0 fully saturated rings. The number of benzene rings is 3. The molecule has 160 valence electrons. The zero-order valence-electron chi connectivity index (χ0n) is 17.4. The molecule has 1 atom stereocenters. The van der Waals surface area contributed by atoms with Crippen molar-refractivity contribution in [2.75, 3.05) is 6.54 Å². The Labute approximate surface area is 184 Å². The number of halogens is 1. The van der Waals surface area contributed by atoms with E-state index in [1.165, 1.54) is 12.1 Å². The zero-order chi connectivity index (χ0) is 22.7. The van der Waals surface area contributed by atoms with Gasteiger partial charge in [0.2, 0.25) is 5.88 Å². The lowest BCUT2D eigenvalue weighted by molar-refractivity contribution is 0.187. The van der Waals surface area contributed by atoms with Crippen LogP contribution >= 0.6 is 0 Å². The summed E-state index contributed by atoms with van der Waals surface area (Å²) >= 11 is 0. The normalized spacial score (nSPS) is 11.7. The van der Waals surface area contributed by atoms with E-state index in [4.69, 9.17) is 10.5 Å². The average molecular weight is 428 g/mol. The monoisotopic (exact) mass is 428 g/mol. The van der Waals surface area contributed by atoms with Gasteiger partial charge < -0.3 is 15.6 Å². The van der Waals surface area contributed by atoms with Gasteiger partial charge in [0.15, 0.2) is 0 Å². The second kappa shape index (κ2) is 9.02. The molecule has 4 rings (SSSR count). The Bertz CT molecular complexity index is 1290. The summed E-state index contributed by atoms with van der Waals surface area (Å²) in [7, 11) is 1.73. The fourth-order valence-electron chi connectivity index (χ4n) is 3.38. The van der Waals surface area contributed by atoms with Gasteiger partial charge in [-0.25, -0.2) is 9.07 Å². The topological polar surface area (TPSA) is 97.1 Å². The molecular weight excluding hydrogens is 407 g/mol. The van der Waals surface area contributed by atoms with E-state index in [1.807, 2.05) is 18.2 Å². The van der Waals surface area contributed by atoms with Gasteiger partial charge in [-0.15, -0.1) is 0 Å². The minimum atomic E-state index is -0.726. The van der Waals surface area contributed by atoms with E-state index < -0.39 is 6.10 Å². The molecule has 7 heteroatoms. The van der Waals surface area contributed by atoms with Crippen LogP contribution in [0.25, 0.3) is 22.4 Å². The summed E-state index contributed by atoms with van der Waals surface area (Å²) in [5, 5.41) is 23.7.